The Hall–Kier alpha value is -2.15. The average molecular weight is 381 g/mol. The van der Waals surface area contributed by atoms with E-state index < -0.39 is 11.7 Å². The van der Waals surface area contributed by atoms with E-state index >= 15 is 0 Å². The first kappa shape index (κ1) is 22.9. The molecule has 1 aromatic carbocycles. The monoisotopic (exact) mass is 380 g/mol. The van der Waals surface area contributed by atoms with Crippen LogP contribution >= 0.6 is 0 Å². The van der Waals surface area contributed by atoms with Gasteiger partial charge in [0.25, 0.3) is 0 Å². The average Bonchev–Trinajstić information content (AvgIpc) is 2.50. The molecule has 27 heavy (non-hydrogen) atoms. The Kier molecular flexibility index (Phi) is 8.21. The maximum absolute atomic E-state index is 12.2. The van der Waals surface area contributed by atoms with Gasteiger partial charge in [-0.2, -0.15) is 0 Å². The van der Waals surface area contributed by atoms with E-state index in [0.29, 0.717) is 11.4 Å². The Balaban J connectivity index is 3.20. The van der Waals surface area contributed by atoms with E-state index in [1.807, 2.05) is 40.0 Å². The molecule has 0 aromatic heterocycles. The van der Waals surface area contributed by atoms with Gasteiger partial charge in [0, 0.05) is 32.2 Å². The SMILES string of the molecule is COc1cc(N(C)CCN(C)C)c(NC(C)C)cc1NC(=O)OC(C)(C)C. The molecule has 2 N–H and O–H groups in total. The normalized spacial score (nSPS) is 11.5. The number of likely N-dealkylation sites (N-methyl/N-ethyl adjacent to an activating group) is 2. The van der Waals surface area contributed by atoms with E-state index in [1.54, 1.807) is 7.11 Å². The topological polar surface area (TPSA) is 66.1 Å². The predicted octanol–water partition coefficient (Wildman–Crippen LogP) is 3.86. The van der Waals surface area contributed by atoms with E-state index in [2.05, 4.69) is 48.4 Å². The summed E-state index contributed by atoms with van der Waals surface area (Å²) < 4.78 is 10.9. The van der Waals surface area contributed by atoms with Crippen molar-refractivity contribution < 1.29 is 14.3 Å². The van der Waals surface area contributed by atoms with Gasteiger partial charge in [-0.1, -0.05) is 0 Å². The summed E-state index contributed by atoms with van der Waals surface area (Å²) in [6, 6.07) is 4.07. The highest BCUT2D eigenvalue weighted by atomic mass is 16.6. The van der Waals surface area contributed by atoms with Crippen LogP contribution in [0.15, 0.2) is 12.1 Å². The lowest BCUT2D eigenvalue weighted by Gasteiger charge is -2.27. The molecule has 0 unspecified atom stereocenters. The van der Waals surface area contributed by atoms with Gasteiger partial charge in [0.1, 0.15) is 11.4 Å². The van der Waals surface area contributed by atoms with Crippen molar-refractivity contribution >= 4 is 23.2 Å². The second-order valence-electron chi connectivity index (χ2n) is 8.22. The Morgan fingerprint density at radius 3 is 2.22 bits per heavy atom. The Morgan fingerprint density at radius 2 is 1.74 bits per heavy atom. The number of methoxy groups -OCH3 is 1. The van der Waals surface area contributed by atoms with E-state index in [9.17, 15) is 4.79 Å². The molecule has 0 aliphatic rings. The van der Waals surface area contributed by atoms with E-state index in [1.165, 1.54) is 0 Å². The molecule has 0 radical (unpaired) electrons. The minimum Gasteiger partial charge on any atom is -0.494 e. The van der Waals surface area contributed by atoms with Crippen molar-refractivity contribution in [1.29, 1.82) is 0 Å². The van der Waals surface area contributed by atoms with Gasteiger partial charge < -0.3 is 24.6 Å². The fourth-order valence-electron chi connectivity index (χ4n) is 2.46. The third kappa shape index (κ3) is 7.95. The number of benzene rings is 1. The number of ether oxygens (including phenoxy) is 2. The van der Waals surface area contributed by atoms with Gasteiger partial charge in [-0.25, -0.2) is 4.79 Å². The smallest absolute Gasteiger partial charge is 0.412 e. The highest BCUT2D eigenvalue weighted by molar-refractivity contribution is 5.90. The van der Waals surface area contributed by atoms with E-state index in [-0.39, 0.29) is 6.04 Å². The number of rotatable bonds is 8. The Morgan fingerprint density at radius 1 is 1.11 bits per heavy atom. The molecular weight excluding hydrogens is 344 g/mol. The van der Waals surface area contributed by atoms with Gasteiger partial charge in [-0.15, -0.1) is 0 Å². The van der Waals surface area contributed by atoms with E-state index in [0.717, 1.165) is 24.5 Å². The molecule has 0 spiro atoms. The fraction of sp³-hybridized carbons (Fsp3) is 0.650. The molecule has 0 heterocycles. The summed E-state index contributed by atoms with van der Waals surface area (Å²) in [6.07, 6.45) is -0.509. The second kappa shape index (κ2) is 9.69. The molecule has 1 aromatic rings. The maximum Gasteiger partial charge on any atom is 0.412 e. The highest BCUT2D eigenvalue weighted by Crippen LogP contribution is 2.37. The van der Waals surface area contributed by atoms with Gasteiger partial charge >= 0.3 is 6.09 Å². The molecule has 0 aliphatic carbocycles. The molecule has 7 heteroatoms. The molecular formula is C20H36N4O3. The van der Waals surface area contributed by atoms with Gasteiger partial charge in [-0.3, -0.25) is 5.32 Å². The number of carbonyl (C=O) groups is 1. The van der Waals surface area contributed by atoms with Crippen molar-refractivity contribution in [3.8, 4) is 5.75 Å². The quantitative estimate of drug-likeness (QED) is 0.714. The van der Waals surface area contributed by atoms with Gasteiger partial charge in [0.05, 0.1) is 24.2 Å². The van der Waals surface area contributed by atoms with Crippen molar-refractivity contribution in [2.24, 2.45) is 0 Å². The second-order valence-corrected chi connectivity index (χ2v) is 8.22. The van der Waals surface area contributed by atoms with Crippen LogP contribution in [0.4, 0.5) is 21.9 Å². The number of nitrogens with zero attached hydrogens (tertiary/aromatic N) is 2. The summed E-state index contributed by atoms with van der Waals surface area (Å²) >= 11 is 0. The number of hydrogen-bond donors (Lipinski definition) is 2. The van der Waals surface area contributed by atoms with Crippen LogP contribution < -0.4 is 20.3 Å². The first-order valence-corrected chi connectivity index (χ1v) is 9.27. The molecule has 1 amide bonds. The van der Waals surface area contributed by atoms with Crippen molar-refractivity contribution in [1.82, 2.24) is 4.90 Å². The minimum absolute atomic E-state index is 0.244. The summed E-state index contributed by atoms with van der Waals surface area (Å²) in [6.45, 7) is 11.4. The van der Waals surface area contributed by atoms with Crippen LogP contribution in [0, 0.1) is 0 Å². The molecule has 154 valence electrons. The number of hydrogen-bond acceptors (Lipinski definition) is 6. The lowest BCUT2D eigenvalue weighted by atomic mass is 10.1. The summed E-state index contributed by atoms with van der Waals surface area (Å²) in [5.74, 6) is 0.585. The minimum atomic E-state index is -0.567. The van der Waals surface area contributed by atoms with Crippen LogP contribution in [0.1, 0.15) is 34.6 Å². The first-order chi connectivity index (χ1) is 12.4. The molecule has 1 rings (SSSR count). The van der Waals surface area contributed by atoms with Gasteiger partial charge in [0.2, 0.25) is 0 Å². The van der Waals surface area contributed by atoms with Crippen LogP contribution in [-0.4, -0.2) is 64.0 Å². The largest absolute Gasteiger partial charge is 0.494 e. The van der Waals surface area contributed by atoms with Crippen molar-refractivity contribution in [2.45, 2.75) is 46.3 Å². The third-order valence-electron chi connectivity index (χ3n) is 3.69. The molecule has 0 saturated carbocycles. The van der Waals surface area contributed by atoms with Gasteiger partial charge in [0.15, 0.2) is 0 Å². The molecule has 7 nitrogen and oxygen atoms in total. The van der Waals surface area contributed by atoms with Crippen LogP contribution in [-0.2, 0) is 4.74 Å². The summed E-state index contributed by atoms with van der Waals surface area (Å²) in [5.41, 5.74) is 1.94. The summed E-state index contributed by atoms with van der Waals surface area (Å²) in [7, 11) is 7.74. The van der Waals surface area contributed by atoms with Crippen LogP contribution in [0.25, 0.3) is 0 Å². The Bertz CT molecular complexity index is 624. The zero-order valence-corrected chi connectivity index (χ0v) is 18.3. The Labute approximate surface area is 164 Å². The van der Waals surface area contributed by atoms with Crippen molar-refractivity contribution in [2.75, 3.05) is 56.9 Å². The molecule has 0 fully saturated rings. The lowest BCUT2D eigenvalue weighted by molar-refractivity contribution is 0.0635. The maximum atomic E-state index is 12.2. The molecule has 0 bridgehead atoms. The predicted molar refractivity (Wildman–Crippen MR) is 113 cm³/mol. The standard InChI is InChI=1S/C20H36N4O3/c1-14(2)21-15-12-16(22-19(25)27-20(3,4)5)18(26-9)13-17(15)24(8)11-10-23(6)7/h12-14,21H,10-11H2,1-9H3,(H,22,25). The molecule has 0 atom stereocenters. The van der Waals surface area contributed by atoms with Crippen molar-refractivity contribution in [3.63, 3.8) is 0 Å². The number of nitrogens with one attached hydrogen (secondary N) is 2. The van der Waals surface area contributed by atoms with Crippen LogP contribution in [0.2, 0.25) is 0 Å². The van der Waals surface area contributed by atoms with Gasteiger partial charge in [-0.05, 0) is 54.8 Å². The third-order valence-corrected chi connectivity index (χ3v) is 3.69. The summed E-state index contributed by atoms with van der Waals surface area (Å²) in [5, 5.41) is 6.25. The zero-order chi connectivity index (χ0) is 20.8. The lowest BCUT2D eigenvalue weighted by Crippen LogP contribution is -2.29. The van der Waals surface area contributed by atoms with Crippen LogP contribution in [0.3, 0.4) is 0 Å². The highest BCUT2D eigenvalue weighted by Gasteiger charge is 2.20. The zero-order valence-electron chi connectivity index (χ0n) is 18.3. The van der Waals surface area contributed by atoms with E-state index in [4.69, 9.17) is 9.47 Å². The summed E-state index contributed by atoms with van der Waals surface area (Å²) in [4.78, 5) is 16.5. The fourth-order valence-corrected chi connectivity index (χ4v) is 2.46. The molecule has 0 aliphatic heterocycles. The molecule has 0 saturated heterocycles. The van der Waals surface area contributed by atoms with Crippen molar-refractivity contribution in [3.05, 3.63) is 12.1 Å². The van der Waals surface area contributed by atoms with Crippen LogP contribution in [0.5, 0.6) is 5.75 Å². The number of amides is 1. The number of anilines is 3. The first-order valence-electron chi connectivity index (χ1n) is 9.27. The number of carbonyl (C=O) groups excluding carboxylic acids is 1.